The molecule has 0 aliphatic carbocycles. The summed E-state index contributed by atoms with van der Waals surface area (Å²) in [5.74, 6) is -3.21. The third kappa shape index (κ3) is 24.5. The van der Waals surface area contributed by atoms with E-state index in [9.17, 15) is 14.4 Å². The van der Waals surface area contributed by atoms with Gasteiger partial charge in [-0.3, -0.25) is 4.79 Å². The monoisotopic (exact) mass is 218 g/mol. The Morgan fingerprint density at radius 3 is 1.53 bits per heavy atom. The first kappa shape index (κ1) is 15.6. The van der Waals surface area contributed by atoms with E-state index in [-0.39, 0.29) is 0 Å². The molecular formula is C9H14O6. The maximum absolute atomic E-state index is 9.76. The van der Waals surface area contributed by atoms with Crippen molar-refractivity contribution in [2.45, 2.75) is 26.2 Å². The van der Waals surface area contributed by atoms with Gasteiger partial charge in [0.25, 0.3) is 0 Å². The van der Waals surface area contributed by atoms with Crippen molar-refractivity contribution in [3.63, 3.8) is 0 Å². The number of aliphatic carboxylic acids is 3. The van der Waals surface area contributed by atoms with Crippen LogP contribution in [0.25, 0.3) is 0 Å². The number of rotatable bonds is 5. The van der Waals surface area contributed by atoms with Crippen LogP contribution in [-0.4, -0.2) is 33.2 Å². The lowest BCUT2D eigenvalue weighted by molar-refractivity contribution is -0.137. The molecule has 0 aliphatic heterocycles. The van der Waals surface area contributed by atoms with Crippen LogP contribution in [0.3, 0.4) is 0 Å². The molecule has 0 amide bonds. The minimum Gasteiger partial charge on any atom is -0.481 e. The molecule has 0 unspecified atom stereocenters. The number of carboxylic acids is 3. The van der Waals surface area contributed by atoms with Gasteiger partial charge in [-0.15, -0.1) is 0 Å². The van der Waals surface area contributed by atoms with Crippen molar-refractivity contribution in [1.29, 1.82) is 0 Å². The lowest BCUT2D eigenvalue weighted by Gasteiger charge is -1.85. The molecule has 15 heavy (non-hydrogen) atoms. The van der Waals surface area contributed by atoms with Crippen molar-refractivity contribution in [2.24, 2.45) is 0 Å². The van der Waals surface area contributed by atoms with E-state index in [1.165, 1.54) is 0 Å². The van der Waals surface area contributed by atoms with Crippen LogP contribution in [0, 0.1) is 0 Å². The van der Waals surface area contributed by atoms with Gasteiger partial charge in [0.15, 0.2) is 0 Å². The van der Waals surface area contributed by atoms with Gasteiger partial charge in [0.05, 0.1) is 0 Å². The number of hydrogen-bond donors (Lipinski definition) is 3. The molecule has 0 aromatic rings. The van der Waals surface area contributed by atoms with Gasteiger partial charge in [-0.25, -0.2) is 9.59 Å². The van der Waals surface area contributed by atoms with Crippen LogP contribution in [0.15, 0.2) is 12.2 Å². The molecule has 0 heterocycles. The van der Waals surface area contributed by atoms with E-state index in [1.807, 2.05) is 6.92 Å². The Morgan fingerprint density at radius 1 is 1.00 bits per heavy atom. The molecule has 0 saturated heterocycles. The van der Waals surface area contributed by atoms with Crippen molar-refractivity contribution in [2.75, 3.05) is 0 Å². The van der Waals surface area contributed by atoms with Crippen molar-refractivity contribution < 1.29 is 29.7 Å². The summed E-state index contributed by atoms with van der Waals surface area (Å²) in [7, 11) is 0. The molecule has 0 aromatic carbocycles. The molecule has 3 N–H and O–H groups in total. The van der Waals surface area contributed by atoms with Crippen LogP contribution in [0.1, 0.15) is 26.2 Å². The summed E-state index contributed by atoms with van der Waals surface area (Å²) < 4.78 is 0. The SMILES string of the molecule is CCCCC(=O)O.O=C(O)C=CC(=O)O. The summed E-state index contributed by atoms with van der Waals surface area (Å²) >= 11 is 0. The summed E-state index contributed by atoms with van der Waals surface area (Å²) in [4.78, 5) is 28.9. The van der Waals surface area contributed by atoms with Gasteiger partial charge < -0.3 is 15.3 Å². The molecule has 6 heteroatoms. The van der Waals surface area contributed by atoms with Crippen LogP contribution >= 0.6 is 0 Å². The van der Waals surface area contributed by atoms with Gasteiger partial charge in [0, 0.05) is 18.6 Å². The first-order valence-corrected chi connectivity index (χ1v) is 4.25. The maximum Gasteiger partial charge on any atom is 0.328 e. The molecule has 0 spiro atoms. The van der Waals surface area contributed by atoms with E-state index < -0.39 is 17.9 Å². The largest absolute Gasteiger partial charge is 0.481 e. The number of hydrogen-bond acceptors (Lipinski definition) is 3. The highest BCUT2D eigenvalue weighted by Gasteiger charge is 1.90. The fourth-order valence-corrected chi connectivity index (χ4v) is 0.471. The highest BCUT2D eigenvalue weighted by atomic mass is 16.4. The minimum atomic E-state index is -1.26. The topological polar surface area (TPSA) is 112 Å². The Balaban J connectivity index is 0. The van der Waals surface area contributed by atoms with Gasteiger partial charge in [-0.2, -0.15) is 0 Å². The third-order valence-corrected chi connectivity index (χ3v) is 1.11. The maximum atomic E-state index is 9.76. The predicted molar refractivity (Wildman–Crippen MR) is 51.6 cm³/mol. The Morgan fingerprint density at radius 2 is 1.40 bits per heavy atom. The normalized spacial score (nSPS) is 9.13. The average molecular weight is 218 g/mol. The number of carboxylic acid groups (broad SMARTS) is 3. The van der Waals surface area contributed by atoms with Crippen LogP contribution in [0.4, 0.5) is 0 Å². The summed E-state index contributed by atoms with van der Waals surface area (Å²) in [6, 6.07) is 0. The molecule has 0 rings (SSSR count). The summed E-state index contributed by atoms with van der Waals surface area (Å²) in [6.07, 6.45) is 3.20. The lowest BCUT2D eigenvalue weighted by Crippen LogP contribution is -1.91. The molecule has 0 radical (unpaired) electrons. The minimum absolute atomic E-state index is 0.316. The van der Waals surface area contributed by atoms with Gasteiger partial charge in [0.2, 0.25) is 0 Å². The van der Waals surface area contributed by atoms with E-state index in [1.54, 1.807) is 0 Å². The zero-order chi connectivity index (χ0) is 12.3. The van der Waals surface area contributed by atoms with E-state index in [0.717, 1.165) is 12.8 Å². The van der Waals surface area contributed by atoms with E-state index in [4.69, 9.17) is 15.3 Å². The van der Waals surface area contributed by atoms with Crippen molar-refractivity contribution >= 4 is 17.9 Å². The predicted octanol–water partition coefficient (Wildman–Crippen LogP) is 0.973. The number of carbonyl (C=O) groups is 3. The Hall–Kier alpha value is -1.85. The first-order chi connectivity index (χ1) is 6.90. The Bertz CT molecular complexity index is 227. The second kappa shape index (κ2) is 10.2. The molecule has 0 saturated carbocycles. The Labute approximate surface area is 86.8 Å². The zero-order valence-corrected chi connectivity index (χ0v) is 8.34. The van der Waals surface area contributed by atoms with Crippen LogP contribution < -0.4 is 0 Å². The summed E-state index contributed by atoms with van der Waals surface area (Å²) in [6.45, 7) is 1.98. The molecule has 0 aromatic heterocycles. The summed E-state index contributed by atoms with van der Waals surface area (Å²) in [5, 5.41) is 23.7. The summed E-state index contributed by atoms with van der Waals surface area (Å²) in [5.41, 5.74) is 0. The molecule has 86 valence electrons. The van der Waals surface area contributed by atoms with Crippen molar-refractivity contribution in [1.82, 2.24) is 0 Å². The van der Waals surface area contributed by atoms with Crippen molar-refractivity contribution in [3.05, 3.63) is 12.2 Å². The van der Waals surface area contributed by atoms with Gasteiger partial charge in [-0.1, -0.05) is 13.3 Å². The highest BCUT2D eigenvalue weighted by molar-refractivity contribution is 5.89. The highest BCUT2D eigenvalue weighted by Crippen LogP contribution is 1.91. The van der Waals surface area contributed by atoms with E-state index >= 15 is 0 Å². The van der Waals surface area contributed by atoms with E-state index in [2.05, 4.69) is 0 Å². The quantitative estimate of drug-likeness (QED) is 0.593. The molecule has 6 nitrogen and oxygen atoms in total. The van der Waals surface area contributed by atoms with Gasteiger partial charge >= 0.3 is 17.9 Å². The van der Waals surface area contributed by atoms with E-state index in [0.29, 0.717) is 18.6 Å². The van der Waals surface area contributed by atoms with Gasteiger partial charge in [-0.05, 0) is 6.42 Å². The van der Waals surface area contributed by atoms with Crippen LogP contribution in [0.5, 0.6) is 0 Å². The first-order valence-electron chi connectivity index (χ1n) is 4.25. The smallest absolute Gasteiger partial charge is 0.328 e. The molecule has 0 fully saturated rings. The fourth-order valence-electron chi connectivity index (χ4n) is 0.471. The molecule has 0 atom stereocenters. The number of unbranched alkanes of at least 4 members (excludes halogenated alkanes) is 1. The Kier molecular flexibility index (Phi) is 10.7. The van der Waals surface area contributed by atoms with Crippen molar-refractivity contribution in [3.8, 4) is 0 Å². The lowest BCUT2D eigenvalue weighted by atomic mass is 10.3. The average Bonchev–Trinajstić information content (AvgIpc) is 2.12. The standard InChI is InChI=1S/C5H10O2.C4H4O4/c1-2-3-4-5(6)7;5-3(6)1-2-4(7)8/h2-4H2,1H3,(H,6,7);1-2H,(H,5,6)(H,7,8). The third-order valence-electron chi connectivity index (χ3n) is 1.11. The molecule has 0 aliphatic rings. The van der Waals surface area contributed by atoms with Crippen LogP contribution in [-0.2, 0) is 14.4 Å². The second-order valence-corrected chi connectivity index (χ2v) is 2.51. The zero-order valence-electron chi connectivity index (χ0n) is 8.34. The van der Waals surface area contributed by atoms with Crippen LogP contribution in [0.2, 0.25) is 0 Å². The second-order valence-electron chi connectivity index (χ2n) is 2.51. The van der Waals surface area contributed by atoms with Gasteiger partial charge in [0.1, 0.15) is 0 Å². The fraction of sp³-hybridized carbons (Fsp3) is 0.444. The molecular weight excluding hydrogens is 204 g/mol. The molecule has 0 bridgehead atoms.